The number of carbonyl (C=O) groups is 1. The second-order valence-electron chi connectivity index (χ2n) is 12.7. The van der Waals surface area contributed by atoms with Gasteiger partial charge in [0.2, 0.25) is 15.9 Å². The van der Waals surface area contributed by atoms with Crippen LogP contribution in [0.3, 0.4) is 0 Å². The summed E-state index contributed by atoms with van der Waals surface area (Å²) in [7, 11) is -3.14. The fraction of sp³-hybridized carbons (Fsp3) is 0.852. The molecule has 12 heteroatoms. The van der Waals surface area contributed by atoms with Gasteiger partial charge in [-0.25, -0.2) is 12.8 Å². The van der Waals surface area contributed by atoms with Gasteiger partial charge < -0.3 is 22.1 Å². The van der Waals surface area contributed by atoms with E-state index >= 15 is 0 Å². The molecule has 2 saturated carbocycles. The molecule has 39 heavy (non-hydrogen) atoms. The molecule has 7 atom stereocenters. The summed E-state index contributed by atoms with van der Waals surface area (Å²) in [6.07, 6.45) is 8.36. The minimum absolute atomic E-state index is 0.00527. The summed E-state index contributed by atoms with van der Waals surface area (Å²) in [6, 6.07) is -0.0707. The number of rotatable bonds is 5. The Morgan fingerprint density at radius 3 is 2.69 bits per heavy atom. The number of aliphatic imine (C=N–C) groups is 1. The number of nitrogens with one attached hydrogen (secondary N) is 2. The third kappa shape index (κ3) is 5.21. The van der Waals surface area contributed by atoms with Crippen molar-refractivity contribution in [2.24, 2.45) is 39.6 Å². The predicted octanol–water partition coefficient (Wildman–Crippen LogP) is 0.307. The number of amides is 1. The first-order valence-corrected chi connectivity index (χ1v) is 16.4. The van der Waals surface area contributed by atoms with Crippen LogP contribution in [-0.2, 0) is 14.8 Å². The highest BCUT2D eigenvalue weighted by atomic mass is 32.2. The van der Waals surface area contributed by atoms with Crippen LogP contribution in [0.2, 0.25) is 0 Å². The van der Waals surface area contributed by atoms with Crippen LogP contribution in [0.1, 0.15) is 51.4 Å². The molecule has 218 valence electrons. The molecule has 5 unspecified atom stereocenters. The van der Waals surface area contributed by atoms with E-state index in [1.807, 2.05) is 0 Å². The van der Waals surface area contributed by atoms with E-state index in [1.165, 1.54) is 12.8 Å². The fourth-order valence-electron chi connectivity index (χ4n) is 8.57. The number of allylic oxidation sites excluding steroid dienone is 1. The zero-order valence-electron chi connectivity index (χ0n) is 22.7. The van der Waals surface area contributed by atoms with Crippen LogP contribution < -0.4 is 22.1 Å². The number of piperazine rings is 1. The Bertz CT molecular complexity index is 1120. The fourth-order valence-corrected chi connectivity index (χ4v) is 10.4. The minimum atomic E-state index is -3.14. The third-order valence-corrected chi connectivity index (χ3v) is 12.5. The first-order valence-electron chi connectivity index (χ1n) is 14.8. The van der Waals surface area contributed by atoms with Gasteiger partial charge >= 0.3 is 0 Å². The molecular weight excluding hydrogens is 521 g/mol. The molecule has 1 spiro atoms. The zero-order chi connectivity index (χ0) is 27.4. The second kappa shape index (κ2) is 10.8. The van der Waals surface area contributed by atoms with Gasteiger partial charge in [-0.15, -0.1) is 0 Å². The molecule has 6 aliphatic rings. The lowest BCUT2D eigenvalue weighted by atomic mass is 9.83. The summed E-state index contributed by atoms with van der Waals surface area (Å²) in [6.45, 7) is 3.21. The maximum Gasteiger partial charge on any atom is 0.232 e. The van der Waals surface area contributed by atoms with E-state index in [-0.39, 0.29) is 47.6 Å². The number of fused-ring (bicyclic) bond motifs is 4. The van der Waals surface area contributed by atoms with Gasteiger partial charge in [-0.2, -0.15) is 4.31 Å². The van der Waals surface area contributed by atoms with Crippen LogP contribution in [-0.4, -0.2) is 98.6 Å². The van der Waals surface area contributed by atoms with Crippen molar-refractivity contribution >= 4 is 21.6 Å². The van der Waals surface area contributed by atoms with Crippen molar-refractivity contribution in [3.8, 4) is 0 Å². The third-order valence-electron chi connectivity index (χ3n) is 10.6. The Morgan fingerprint density at radius 1 is 1.18 bits per heavy atom. The van der Waals surface area contributed by atoms with E-state index in [0.29, 0.717) is 63.0 Å². The summed E-state index contributed by atoms with van der Waals surface area (Å²) >= 11 is 0. The van der Waals surface area contributed by atoms with Crippen molar-refractivity contribution in [2.75, 3.05) is 45.0 Å². The average Bonchev–Trinajstić information content (AvgIpc) is 3.44. The lowest BCUT2D eigenvalue weighted by Gasteiger charge is -2.45. The Hall–Kier alpha value is -1.44. The molecule has 0 aromatic rings. The van der Waals surface area contributed by atoms with E-state index < -0.39 is 22.1 Å². The molecule has 0 radical (unpaired) electrons. The number of hydrogen-bond donors (Lipinski definition) is 4. The Morgan fingerprint density at radius 2 is 1.95 bits per heavy atom. The average molecular weight is 566 g/mol. The molecule has 10 nitrogen and oxygen atoms in total. The maximum atomic E-state index is 14.6. The topological polar surface area (TPSA) is 146 Å². The SMILES string of the molecule is NC(N)C(C(=O)NC1CNCCC1N1CCN2[C@@H](CCS2(=O)=O)C1)/C1=N/C/C(F)=C\CC2(C1)C1CCCC[C@@H]12. The van der Waals surface area contributed by atoms with Crippen LogP contribution in [0, 0.1) is 23.2 Å². The number of piperidine rings is 1. The smallest absolute Gasteiger partial charge is 0.232 e. The van der Waals surface area contributed by atoms with E-state index in [1.54, 1.807) is 10.4 Å². The highest BCUT2D eigenvalue weighted by molar-refractivity contribution is 7.89. The molecule has 5 fully saturated rings. The van der Waals surface area contributed by atoms with Crippen LogP contribution in [0.5, 0.6) is 0 Å². The van der Waals surface area contributed by atoms with Crippen molar-refractivity contribution in [1.29, 1.82) is 0 Å². The van der Waals surface area contributed by atoms with E-state index in [2.05, 4.69) is 20.5 Å². The number of hydrogen-bond acceptors (Lipinski definition) is 8. The number of nitrogens with two attached hydrogens (primary N) is 2. The molecule has 6 rings (SSSR count). The summed E-state index contributed by atoms with van der Waals surface area (Å²) in [5, 5.41) is 6.65. The zero-order valence-corrected chi connectivity index (χ0v) is 23.5. The monoisotopic (exact) mass is 565 g/mol. The van der Waals surface area contributed by atoms with Crippen LogP contribution in [0.15, 0.2) is 16.9 Å². The highest BCUT2D eigenvalue weighted by Crippen LogP contribution is 2.69. The molecule has 3 saturated heterocycles. The Kier molecular flexibility index (Phi) is 7.64. The van der Waals surface area contributed by atoms with Gasteiger partial charge in [0, 0.05) is 44.0 Å². The lowest BCUT2D eigenvalue weighted by molar-refractivity contribution is -0.125. The van der Waals surface area contributed by atoms with Crippen LogP contribution in [0.4, 0.5) is 4.39 Å². The van der Waals surface area contributed by atoms with Crippen molar-refractivity contribution in [2.45, 2.75) is 75.7 Å². The van der Waals surface area contributed by atoms with Crippen LogP contribution >= 0.6 is 0 Å². The second-order valence-corrected chi connectivity index (χ2v) is 14.7. The molecule has 0 aromatic heterocycles. The summed E-state index contributed by atoms with van der Waals surface area (Å²) in [5.41, 5.74) is 13.1. The quantitative estimate of drug-likeness (QED) is 0.351. The van der Waals surface area contributed by atoms with Crippen LogP contribution in [0.25, 0.3) is 0 Å². The number of nitrogens with zero attached hydrogens (tertiary/aromatic N) is 3. The van der Waals surface area contributed by atoms with Gasteiger partial charge in [0.15, 0.2) is 0 Å². The van der Waals surface area contributed by atoms with Gasteiger partial charge in [0.1, 0.15) is 11.7 Å². The van der Waals surface area contributed by atoms with E-state index in [9.17, 15) is 17.6 Å². The summed E-state index contributed by atoms with van der Waals surface area (Å²) in [5.74, 6) is 0.0324. The molecule has 2 aliphatic carbocycles. The molecule has 6 N–H and O–H groups in total. The molecule has 4 heterocycles. The molecule has 0 aromatic carbocycles. The number of halogens is 1. The van der Waals surface area contributed by atoms with E-state index in [4.69, 9.17) is 11.5 Å². The molecule has 1 amide bonds. The van der Waals surface area contributed by atoms with Crippen molar-refractivity contribution < 1.29 is 17.6 Å². The van der Waals surface area contributed by atoms with Gasteiger partial charge in [0.25, 0.3) is 0 Å². The largest absolute Gasteiger partial charge is 0.350 e. The van der Waals surface area contributed by atoms with Gasteiger partial charge in [-0.05, 0) is 62.3 Å². The Balaban J connectivity index is 1.18. The maximum absolute atomic E-state index is 14.6. The summed E-state index contributed by atoms with van der Waals surface area (Å²) in [4.78, 5) is 20.8. The van der Waals surface area contributed by atoms with Gasteiger partial charge in [-0.3, -0.25) is 14.7 Å². The molecule has 0 bridgehead atoms. The first kappa shape index (κ1) is 27.7. The van der Waals surface area contributed by atoms with Crippen molar-refractivity contribution in [3.05, 3.63) is 11.9 Å². The summed E-state index contributed by atoms with van der Waals surface area (Å²) < 4.78 is 41.0. The first-order chi connectivity index (χ1) is 18.7. The van der Waals surface area contributed by atoms with Crippen molar-refractivity contribution in [3.63, 3.8) is 0 Å². The minimum Gasteiger partial charge on any atom is -0.350 e. The standard InChI is InChI=1S/C27H44FN7O3S/c28-17-5-8-27(19-3-1-2-4-20(19)27)13-21(32-14-17)24(25(29)30)26(36)33-22-15-31-9-6-23(22)34-10-11-35-18(16-34)7-12-39(35,37)38/h5,18-20,22-25,31H,1-4,6-16,29-30H2,(H,33,36)/b17-5+,32-21+/t18-,19-,20?,22?,23?,24?,27?/m0/s1. The van der Waals surface area contributed by atoms with Crippen molar-refractivity contribution in [1.82, 2.24) is 19.8 Å². The Labute approximate surface area is 231 Å². The number of sulfonamides is 1. The highest BCUT2D eigenvalue weighted by Gasteiger charge is 2.64. The molecule has 4 aliphatic heterocycles. The lowest BCUT2D eigenvalue weighted by Crippen LogP contribution is -2.65. The molecular formula is C27H44FN7O3S. The van der Waals surface area contributed by atoms with E-state index in [0.717, 1.165) is 25.8 Å². The van der Waals surface area contributed by atoms with Gasteiger partial charge in [-0.1, -0.05) is 18.9 Å². The normalized spacial score (nSPS) is 42.3. The predicted molar refractivity (Wildman–Crippen MR) is 148 cm³/mol. The number of carbonyl (C=O) groups excluding carboxylic acids is 1. The van der Waals surface area contributed by atoms with Gasteiger partial charge in [0.05, 0.1) is 24.5 Å².